The van der Waals surface area contributed by atoms with Crippen LogP contribution in [0.2, 0.25) is 0 Å². The number of hydrogen-bond donors (Lipinski definition) is 1. The Labute approximate surface area is 192 Å². The molecule has 1 saturated heterocycles. The molecule has 1 aliphatic rings. The van der Waals surface area contributed by atoms with E-state index in [4.69, 9.17) is 0 Å². The zero-order chi connectivity index (χ0) is 22.9. The smallest absolute Gasteiger partial charge is 0.284 e. The van der Waals surface area contributed by atoms with Gasteiger partial charge < -0.3 is 5.32 Å². The fourth-order valence-corrected chi connectivity index (χ4v) is 6.65. The summed E-state index contributed by atoms with van der Waals surface area (Å²) in [6.45, 7) is 2.28. The van der Waals surface area contributed by atoms with Gasteiger partial charge in [-0.1, -0.05) is 11.8 Å². The van der Waals surface area contributed by atoms with E-state index >= 15 is 0 Å². The molecule has 0 spiro atoms. The lowest BCUT2D eigenvalue weighted by Crippen LogP contribution is -2.25. The highest BCUT2D eigenvalue weighted by molar-refractivity contribution is 8.01. The van der Waals surface area contributed by atoms with Crippen LogP contribution in [-0.2, 0) is 10.0 Å². The molecular weight excluding hydrogens is 472 g/mol. The molecule has 0 atom stereocenters. The first kappa shape index (κ1) is 22.2. The molecular formula is C20H18N4O5S3. The molecule has 1 N–H and O–H groups in total. The minimum atomic E-state index is -3.28. The van der Waals surface area contributed by atoms with Gasteiger partial charge in [0.1, 0.15) is 0 Å². The molecule has 12 heteroatoms. The topological polar surface area (TPSA) is 123 Å². The number of anilines is 2. The number of benzene rings is 2. The summed E-state index contributed by atoms with van der Waals surface area (Å²) in [4.78, 5) is 28.4. The highest BCUT2D eigenvalue weighted by atomic mass is 32.2. The monoisotopic (exact) mass is 490 g/mol. The molecule has 2 heterocycles. The fourth-order valence-electron chi connectivity index (χ4n) is 3.20. The number of carbonyl (C=O) groups excluding carboxylic acids is 1. The number of nitrogens with zero attached hydrogens (tertiary/aromatic N) is 3. The van der Waals surface area contributed by atoms with E-state index in [0.717, 1.165) is 5.69 Å². The maximum absolute atomic E-state index is 12.6. The largest absolute Gasteiger partial charge is 0.322 e. The van der Waals surface area contributed by atoms with Crippen molar-refractivity contribution < 1.29 is 18.1 Å². The van der Waals surface area contributed by atoms with Gasteiger partial charge in [0.25, 0.3) is 11.6 Å². The average molecular weight is 491 g/mol. The van der Waals surface area contributed by atoms with Crippen LogP contribution in [-0.4, -0.2) is 36.5 Å². The lowest BCUT2D eigenvalue weighted by atomic mass is 10.2. The van der Waals surface area contributed by atoms with Gasteiger partial charge in [0, 0.05) is 34.9 Å². The van der Waals surface area contributed by atoms with Crippen LogP contribution < -0.4 is 9.62 Å². The van der Waals surface area contributed by atoms with E-state index in [9.17, 15) is 23.3 Å². The number of thiazole rings is 1. The fraction of sp³-hybridized carbons (Fsp3) is 0.200. The summed E-state index contributed by atoms with van der Waals surface area (Å²) in [5.74, 6) is -0.378. The van der Waals surface area contributed by atoms with Gasteiger partial charge in [0.15, 0.2) is 4.34 Å². The maximum Gasteiger partial charge on any atom is 0.284 e. The van der Waals surface area contributed by atoms with Crippen LogP contribution in [0.25, 0.3) is 0 Å². The third kappa shape index (κ3) is 4.76. The van der Waals surface area contributed by atoms with Gasteiger partial charge in [-0.25, -0.2) is 13.4 Å². The number of hydrogen-bond acceptors (Lipinski definition) is 8. The minimum Gasteiger partial charge on any atom is -0.322 e. The van der Waals surface area contributed by atoms with Crippen LogP contribution in [0.3, 0.4) is 0 Å². The number of sulfonamides is 1. The quantitative estimate of drug-likeness (QED) is 0.404. The van der Waals surface area contributed by atoms with Gasteiger partial charge in [-0.05, 0) is 49.7 Å². The molecule has 0 radical (unpaired) electrons. The second-order valence-electron chi connectivity index (χ2n) is 7.04. The third-order valence-corrected chi connectivity index (χ3v) is 8.72. The summed E-state index contributed by atoms with van der Waals surface area (Å²) >= 11 is 2.58. The van der Waals surface area contributed by atoms with Crippen LogP contribution in [0.1, 0.15) is 22.5 Å². The molecule has 166 valence electrons. The number of carbonyl (C=O) groups is 1. The number of amides is 1. The Morgan fingerprint density at radius 1 is 1.25 bits per heavy atom. The van der Waals surface area contributed by atoms with E-state index < -0.39 is 20.9 Å². The van der Waals surface area contributed by atoms with Crippen LogP contribution in [0.4, 0.5) is 17.1 Å². The molecule has 0 aliphatic carbocycles. The molecule has 4 rings (SSSR count). The molecule has 3 aromatic rings. The summed E-state index contributed by atoms with van der Waals surface area (Å²) in [5.41, 5.74) is 1.79. The van der Waals surface area contributed by atoms with Crippen LogP contribution >= 0.6 is 23.1 Å². The van der Waals surface area contributed by atoms with Gasteiger partial charge in [0.2, 0.25) is 10.0 Å². The molecule has 0 saturated carbocycles. The first-order valence-electron chi connectivity index (χ1n) is 9.53. The standard InChI is InChI=1S/C20H18N4O5S3/c1-13-12-30-20(21-13)31-18-8-3-14(11-17(18)24(26)27)19(25)22-15-4-6-16(7-5-15)23-9-2-10-32(23,28)29/h3-8,11-12H,2,9-10H2,1H3,(H,22,25). The molecule has 1 amide bonds. The van der Waals surface area contributed by atoms with Crippen molar-refractivity contribution in [1.29, 1.82) is 0 Å². The number of rotatable bonds is 6. The molecule has 2 aromatic carbocycles. The maximum atomic E-state index is 12.6. The predicted octanol–water partition coefficient (Wildman–Crippen LogP) is 4.30. The van der Waals surface area contributed by atoms with E-state index in [1.54, 1.807) is 24.3 Å². The molecule has 32 heavy (non-hydrogen) atoms. The first-order valence-corrected chi connectivity index (χ1v) is 12.8. The third-order valence-electron chi connectivity index (χ3n) is 4.73. The van der Waals surface area contributed by atoms with Crippen molar-refractivity contribution in [3.63, 3.8) is 0 Å². The summed E-state index contributed by atoms with van der Waals surface area (Å²) in [6, 6.07) is 10.7. The lowest BCUT2D eigenvalue weighted by Gasteiger charge is -2.17. The Balaban J connectivity index is 1.50. The molecule has 1 aliphatic heterocycles. The van der Waals surface area contributed by atoms with Crippen LogP contribution in [0.15, 0.2) is 57.1 Å². The number of aryl methyl sites for hydroxylation is 1. The van der Waals surface area contributed by atoms with Crippen molar-refractivity contribution in [2.75, 3.05) is 21.9 Å². The summed E-state index contributed by atoms with van der Waals surface area (Å²) in [5, 5.41) is 16.1. The Morgan fingerprint density at radius 2 is 2.00 bits per heavy atom. The Morgan fingerprint density at radius 3 is 2.59 bits per heavy atom. The Bertz CT molecular complexity index is 1290. The van der Waals surface area contributed by atoms with Crippen molar-refractivity contribution in [1.82, 2.24) is 4.98 Å². The zero-order valence-electron chi connectivity index (χ0n) is 16.8. The number of nitro groups is 1. The second-order valence-corrected chi connectivity index (χ2v) is 11.2. The van der Waals surface area contributed by atoms with E-state index in [1.165, 1.54) is 45.6 Å². The van der Waals surface area contributed by atoms with Crippen molar-refractivity contribution in [2.45, 2.75) is 22.6 Å². The van der Waals surface area contributed by atoms with E-state index in [0.29, 0.717) is 33.6 Å². The minimum absolute atomic E-state index is 0.126. The predicted molar refractivity (Wildman–Crippen MR) is 124 cm³/mol. The molecule has 9 nitrogen and oxygen atoms in total. The van der Waals surface area contributed by atoms with Crippen molar-refractivity contribution in [3.8, 4) is 0 Å². The van der Waals surface area contributed by atoms with Gasteiger partial charge in [0.05, 0.1) is 21.3 Å². The zero-order valence-corrected chi connectivity index (χ0v) is 19.3. The van der Waals surface area contributed by atoms with Crippen molar-refractivity contribution in [2.24, 2.45) is 0 Å². The summed E-state index contributed by atoms with van der Waals surface area (Å²) in [6.07, 6.45) is 0.579. The van der Waals surface area contributed by atoms with Gasteiger partial charge >= 0.3 is 0 Å². The van der Waals surface area contributed by atoms with Crippen LogP contribution in [0, 0.1) is 17.0 Å². The van der Waals surface area contributed by atoms with Crippen molar-refractivity contribution in [3.05, 3.63) is 69.2 Å². The SMILES string of the molecule is Cc1csc(Sc2ccc(C(=O)Nc3ccc(N4CCCS4(=O)=O)cc3)cc2[N+](=O)[O-])n1. The number of nitro benzene ring substituents is 1. The Hall–Kier alpha value is -2.96. The second kappa shape index (κ2) is 8.88. The molecule has 1 aromatic heterocycles. The molecule has 1 fully saturated rings. The Kier molecular flexibility index (Phi) is 6.17. The number of nitrogens with one attached hydrogen (secondary N) is 1. The number of aromatic nitrogens is 1. The van der Waals surface area contributed by atoms with E-state index in [2.05, 4.69) is 10.3 Å². The highest BCUT2D eigenvalue weighted by Crippen LogP contribution is 2.37. The summed E-state index contributed by atoms with van der Waals surface area (Å²) in [7, 11) is -3.28. The first-order chi connectivity index (χ1) is 15.2. The van der Waals surface area contributed by atoms with Crippen LogP contribution in [0.5, 0.6) is 0 Å². The van der Waals surface area contributed by atoms with Gasteiger partial charge in [-0.3, -0.25) is 19.2 Å². The average Bonchev–Trinajstić information content (AvgIpc) is 3.32. The molecule has 0 bridgehead atoms. The van der Waals surface area contributed by atoms with E-state index in [1.807, 2.05) is 12.3 Å². The lowest BCUT2D eigenvalue weighted by molar-refractivity contribution is -0.387. The van der Waals surface area contributed by atoms with E-state index in [-0.39, 0.29) is 17.0 Å². The highest BCUT2D eigenvalue weighted by Gasteiger charge is 2.28. The van der Waals surface area contributed by atoms with Gasteiger partial charge in [-0.2, -0.15) is 0 Å². The summed E-state index contributed by atoms with van der Waals surface area (Å²) < 4.78 is 26.1. The van der Waals surface area contributed by atoms with Crippen molar-refractivity contribution >= 4 is 56.1 Å². The normalized spacial score (nSPS) is 15.0. The van der Waals surface area contributed by atoms with Gasteiger partial charge in [-0.15, -0.1) is 11.3 Å². The molecule has 0 unspecified atom stereocenters.